The Morgan fingerprint density at radius 2 is 1.67 bits per heavy atom. The van der Waals surface area contributed by atoms with E-state index in [0.29, 0.717) is 5.39 Å². The van der Waals surface area contributed by atoms with Crippen LogP contribution in [0.1, 0.15) is 52.0 Å². The molecule has 2 aromatic rings. The first kappa shape index (κ1) is 18.1. The van der Waals surface area contributed by atoms with Gasteiger partial charge >= 0.3 is 5.51 Å². The van der Waals surface area contributed by atoms with Gasteiger partial charge in [0.05, 0.1) is 11.1 Å². The standard InChI is InChI=1S/C19H14F3NO3S/c20-19(21,22)27-26-23-17(24)14-8-4-7-13-12(11-5-2-1-3-6-11)9-10-15(16(13)14)18(23)25/h4-5,7-10H,1-3,6H2. The molecule has 2 aromatic carbocycles. The summed E-state index contributed by atoms with van der Waals surface area (Å²) in [7, 11) is 0. The largest absolute Gasteiger partial charge is 0.470 e. The Kier molecular flexibility index (Phi) is 4.47. The molecule has 0 N–H and O–H groups in total. The van der Waals surface area contributed by atoms with Crippen molar-refractivity contribution in [2.24, 2.45) is 0 Å². The molecular formula is C19H14F3NO3S. The van der Waals surface area contributed by atoms with Gasteiger partial charge in [-0.25, -0.2) is 0 Å². The van der Waals surface area contributed by atoms with E-state index in [0.717, 1.165) is 42.2 Å². The third-order valence-corrected chi connectivity index (χ3v) is 5.13. The molecule has 0 radical (unpaired) electrons. The maximum Gasteiger partial charge on any atom is 0.470 e. The lowest BCUT2D eigenvalue weighted by Crippen LogP contribution is -2.39. The van der Waals surface area contributed by atoms with E-state index < -0.39 is 29.4 Å². The van der Waals surface area contributed by atoms with E-state index in [2.05, 4.69) is 10.4 Å². The van der Waals surface area contributed by atoms with Crippen molar-refractivity contribution in [1.29, 1.82) is 0 Å². The molecule has 0 bridgehead atoms. The van der Waals surface area contributed by atoms with Crippen LogP contribution in [0.15, 0.2) is 36.4 Å². The second-order valence-electron chi connectivity index (χ2n) is 6.37. The first-order valence-corrected chi connectivity index (χ1v) is 9.17. The van der Waals surface area contributed by atoms with Crippen molar-refractivity contribution in [2.45, 2.75) is 31.2 Å². The number of rotatable bonds is 3. The Morgan fingerprint density at radius 1 is 0.963 bits per heavy atom. The van der Waals surface area contributed by atoms with Crippen LogP contribution in [0.2, 0.25) is 0 Å². The molecule has 2 aliphatic rings. The molecule has 0 unspecified atom stereocenters. The number of amides is 2. The van der Waals surface area contributed by atoms with Crippen LogP contribution in [0.5, 0.6) is 0 Å². The van der Waals surface area contributed by atoms with Gasteiger partial charge in [0.1, 0.15) is 12.0 Å². The lowest BCUT2D eigenvalue weighted by molar-refractivity contribution is -0.0570. The third-order valence-electron chi connectivity index (χ3n) is 4.71. The molecule has 4 nitrogen and oxygen atoms in total. The van der Waals surface area contributed by atoms with Gasteiger partial charge in [0.15, 0.2) is 0 Å². The molecule has 1 heterocycles. The Labute approximate surface area is 157 Å². The lowest BCUT2D eigenvalue weighted by atomic mass is 9.86. The van der Waals surface area contributed by atoms with Crippen molar-refractivity contribution in [3.05, 3.63) is 53.1 Å². The summed E-state index contributed by atoms with van der Waals surface area (Å²) in [5.41, 5.74) is -2.30. The molecule has 1 aliphatic heterocycles. The molecule has 27 heavy (non-hydrogen) atoms. The van der Waals surface area contributed by atoms with Gasteiger partial charge in [-0.3, -0.25) is 9.59 Å². The lowest BCUT2D eigenvalue weighted by Gasteiger charge is -2.26. The van der Waals surface area contributed by atoms with Crippen molar-refractivity contribution in [3.8, 4) is 0 Å². The summed E-state index contributed by atoms with van der Waals surface area (Å²) in [5, 5.41) is 1.39. The molecule has 140 valence electrons. The van der Waals surface area contributed by atoms with Crippen LogP contribution < -0.4 is 0 Å². The van der Waals surface area contributed by atoms with Crippen LogP contribution in [0.3, 0.4) is 0 Å². The number of benzene rings is 2. The summed E-state index contributed by atoms with van der Waals surface area (Å²) >= 11 is -0.887. The van der Waals surface area contributed by atoms with Gasteiger partial charge in [-0.05, 0) is 54.3 Å². The van der Waals surface area contributed by atoms with Crippen LogP contribution in [-0.2, 0) is 4.28 Å². The van der Waals surface area contributed by atoms with Crippen molar-refractivity contribution >= 4 is 40.2 Å². The minimum atomic E-state index is -4.73. The highest BCUT2D eigenvalue weighted by molar-refractivity contribution is 7.95. The number of carbonyl (C=O) groups excluding carboxylic acids is 2. The van der Waals surface area contributed by atoms with Gasteiger partial charge in [-0.2, -0.15) is 17.5 Å². The first-order valence-electron chi connectivity index (χ1n) is 8.43. The van der Waals surface area contributed by atoms with Crippen molar-refractivity contribution in [1.82, 2.24) is 5.06 Å². The normalized spacial score (nSPS) is 17.4. The molecule has 2 amide bonds. The fourth-order valence-electron chi connectivity index (χ4n) is 3.58. The predicted molar refractivity (Wildman–Crippen MR) is 95.6 cm³/mol. The zero-order valence-electron chi connectivity index (χ0n) is 14.0. The van der Waals surface area contributed by atoms with E-state index in [4.69, 9.17) is 0 Å². The molecule has 0 fully saturated rings. The third kappa shape index (κ3) is 3.23. The SMILES string of the molecule is O=C1c2cccc3c(C4=CCCCC4)ccc(c23)C(=O)N1OSC(F)(F)F. The number of halogens is 3. The number of alkyl halides is 3. The summed E-state index contributed by atoms with van der Waals surface area (Å²) in [6.07, 6.45) is 6.26. The molecule has 0 saturated heterocycles. The quantitative estimate of drug-likeness (QED) is 0.511. The van der Waals surface area contributed by atoms with Crippen molar-refractivity contribution < 1.29 is 27.0 Å². The highest BCUT2D eigenvalue weighted by atomic mass is 32.2. The summed E-state index contributed by atoms with van der Waals surface area (Å²) in [4.78, 5) is 25.2. The number of carbonyl (C=O) groups is 2. The Hall–Kier alpha value is -2.32. The Bertz CT molecular complexity index is 962. The number of allylic oxidation sites excluding steroid dienone is 2. The molecule has 0 aromatic heterocycles. The minimum Gasteiger partial charge on any atom is -0.266 e. The van der Waals surface area contributed by atoms with Gasteiger partial charge in [0.25, 0.3) is 11.8 Å². The van der Waals surface area contributed by atoms with Crippen molar-refractivity contribution in [3.63, 3.8) is 0 Å². The van der Waals surface area contributed by atoms with Crippen molar-refractivity contribution in [2.75, 3.05) is 0 Å². The van der Waals surface area contributed by atoms with Crippen LogP contribution in [0.4, 0.5) is 13.2 Å². The smallest absolute Gasteiger partial charge is 0.266 e. The summed E-state index contributed by atoms with van der Waals surface area (Å²) in [6.45, 7) is 0. The highest BCUT2D eigenvalue weighted by Gasteiger charge is 2.39. The van der Waals surface area contributed by atoms with Gasteiger partial charge in [0.2, 0.25) is 0 Å². The average Bonchev–Trinajstić information content (AvgIpc) is 2.65. The van der Waals surface area contributed by atoms with Gasteiger partial charge in [-0.15, -0.1) is 5.06 Å². The zero-order chi connectivity index (χ0) is 19.2. The summed E-state index contributed by atoms with van der Waals surface area (Å²) in [5.74, 6) is -1.80. The minimum absolute atomic E-state index is 0.156. The van der Waals surface area contributed by atoms with E-state index in [1.165, 1.54) is 6.07 Å². The second kappa shape index (κ2) is 6.69. The van der Waals surface area contributed by atoms with E-state index in [-0.39, 0.29) is 16.2 Å². The molecule has 8 heteroatoms. The zero-order valence-corrected chi connectivity index (χ0v) is 14.8. The summed E-state index contributed by atoms with van der Waals surface area (Å²) in [6, 6.07) is 8.33. The number of hydrogen-bond acceptors (Lipinski definition) is 4. The molecule has 1 aliphatic carbocycles. The fraction of sp³-hybridized carbons (Fsp3) is 0.263. The second-order valence-corrected chi connectivity index (χ2v) is 7.15. The van der Waals surface area contributed by atoms with Gasteiger partial charge < -0.3 is 0 Å². The van der Waals surface area contributed by atoms with Gasteiger partial charge in [0, 0.05) is 5.39 Å². The average molecular weight is 393 g/mol. The molecule has 0 atom stereocenters. The predicted octanol–water partition coefficient (Wildman–Crippen LogP) is 5.49. The topological polar surface area (TPSA) is 46.6 Å². The van der Waals surface area contributed by atoms with E-state index in [9.17, 15) is 22.8 Å². The maximum absolute atomic E-state index is 12.6. The molecule has 0 spiro atoms. The summed E-state index contributed by atoms with van der Waals surface area (Å²) < 4.78 is 41.7. The molecule has 4 rings (SSSR count). The maximum atomic E-state index is 12.6. The van der Waals surface area contributed by atoms with E-state index in [1.807, 2.05) is 6.07 Å². The van der Waals surface area contributed by atoms with E-state index >= 15 is 0 Å². The molecular weight excluding hydrogens is 379 g/mol. The van der Waals surface area contributed by atoms with Gasteiger partial charge in [-0.1, -0.05) is 24.3 Å². The first-order chi connectivity index (χ1) is 12.9. The van der Waals surface area contributed by atoms with Crippen LogP contribution in [0.25, 0.3) is 16.3 Å². The fourth-order valence-corrected chi connectivity index (χ4v) is 3.88. The number of hydroxylamine groups is 2. The Morgan fingerprint density at radius 3 is 2.33 bits per heavy atom. The van der Waals surface area contributed by atoms with E-state index in [1.54, 1.807) is 18.2 Å². The number of imide groups is 1. The monoisotopic (exact) mass is 393 g/mol. The number of hydrogen-bond donors (Lipinski definition) is 0. The molecule has 0 saturated carbocycles. The number of nitrogens with zero attached hydrogens (tertiary/aromatic N) is 1. The highest BCUT2D eigenvalue weighted by Crippen LogP contribution is 2.39. The van der Waals surface area contributed by atoms with Crippen LogP contribution >= 0.6 is 12.0 Å². The van der Waals surface area contributed by atoms with Crippen LogP contribution in [-0.4, -0.2) is 22.4 Å². The Balaban J connectivity index is 1.82. The van der Waals surface area contributed by atoms with Crippen LogP contribution in [0, 0.1) is 0 Å².